The predicted octanol–water partition coefficient (Wildman–Crippen LogP) is 4.61. The second-order valence-corrected chi connectivity index (χ2v) is 5.90. The molecule has 0 heterocycles. The minimum atomic E-state index is -0.140. The van der Waals surface area contributed by atoms with E-state index in [0.29, 0.717) is 0 Å². The second-order valence-electron chi connectivity index (χ2n) is 4.98. The number of nitrogens with two attached hydrogens (primary N) is 1. The maximum atomic E-state index is 6.24. The normalized spacial score (nSPS) is 13.8. The molecule has 20 heavy (non-hydrogen) atoms. The quantitative estimate of drug-likeness (QED) is 0.866. The lowest BCUT2D eigenvalue weighted by Gasteiger charge is -2.25. The van der Waals surface area contributed by atoms with Gasteiger partial charge < -0.3 is 10.5 Å². The van der Waals surface area contributed by atoms with Gasteiger partial charge in [0.05, 0.1) is 0 Å². The molecule has 0 aliphatic carbocycles. The molecule has 2 nitrogen and oxygen atoms in total. The molecule has 3 heteroatoms. The van der Waals surface area contributed by atoms with Crippen LogP contribution in [0.25, 0.3) is 0 Å². The molecule has 2 rings (SSSR count). The molecule has 2 aromatic carbocycles. The molecule has 0 saturated carbocycles. The number of hydrogen-bond acceptors (Lipinski definition) is 2. The van der Waals surface area contributed by atoms with E-state index in [1.807, 2.05) is 30.3 Å². The van der Waals surface area contributed by atoms with Crippen LogP contribution in [0.3, 0.4) is 0 Å². The van der Waals surface area contributed by atoms with Gasteiger partial charge in [0.25, 0.3) is 0 Å². The second kappa shape index (κ2) is 6.91. The van der Waals surface area contributed by atoms with Gasteiger partial charge >= 0.3 is 0 Å². The van der Waals surface area contributed by atoms with Crippen LogP contribution < -0.4 is 10.5 Å². The van der Waals surface area contributed by atoms with Crippen molar-refractivity contribution in [3.8, 4) is 5.75 Å². The third-order valence-corrected chi connectivity index (χ3v) is 3.78. The van der Waals surface area contributed by atoms with E-state index in [-0.39, 0.29) is 12.1 Å². The van der Waals surface area contributed by atoms with Crippen LogP contribution in [0.15, 0.2) is 53.0 Å². The monoisotopic (exact) mass is 333 g/mol. The minimum Gasteiger partial charge on any atom is -0.484 e. The maximum absolute atomic E-state index is 6.24. The lowest BCUT2D eigenvalue weighted by Crippen LogP contribution is -2.31. The Hall–Kier alpha value is -1.32. The van der Waals surface area contributed by atoms with Crippen LogP contribution in [0.1, 0.15) is 30.6 Å². The van der Waals surface area contributed by atoms with Crippen molar-refractivity contribution in [2.45, 2.75) is 32.4 Å². The molecule has 0 saturated heterocycles. The summed E-state index contributed by atoms with van der Waals surface area (Å²) < 4.78 is 7.18. The van der Waals surface area contributed by atoms with Gasteiger partial charge in [-0.2, -0.15) is 0 Å². The Morgan fingerprint density at radius 1 is 1.15 bits per heavy atom. The molecule has 0 amide bonds. The Bertz CT molecular complexity index is 570. The number of hydrogen-bond donors (Lipinski definition) is 1. The molecule has 0 spiro atoms. The summed E-state index contributed by atoms with van der Waals surface area (Å²) >= 11 is 3.50. The molecule has 2 aromatic rings. The first-order valence-corrected chi connectivity index (χ1v) is 7.64. The van der Waals surface area contributed by atoms with E-state index in [2.05, 4.69) is 48.0 Å². The molecular formula is C17H20BrNO. The summed E-state index contributed by atoms with van der Waals surface area (Å²) in [7, 11) is 0. The first-order valence-electron chi connectivity index (χ1n) is 6.84. The highest BCUT2D eigenvalue weighted by Crippen LogP contribution is 2.27. The van der Waals surface area contributed by atoms with Crippen LogP contribution in [0, 0.1) is 6.92 Å². The summed E-state index contributed by atoms with van der Waals surface area (Å²) in [6.07, 6.45) is 0.725. The summed E-state index contributed by atoms with van der Waals surface area (Å²) in [4.78, 5) is 0. The Morgan fingerprint density at radius 3 is 2.55 bits per heavy atom. The minimum absolute atomic E-state index is 0.0372. The summed E-state index contributed by atoms with van der Waals surface area (Å²) in [5.74, 6) is 0.860. The number of benzene rings is 2. The molecule has 106 valence electrons. The molecule has 0 aliphatic rings. The van der Waals surface area contributed by atoms with E-state index < -0.39 is 0 Å². The highest BCUT2D eigenvalue weighted by Gasteiger charge is 2.20. The van der Waals surface area contributed by atoms with Gasteiger partial charge in [-0.1, -0.05) is 47.1 Å². The topological polar surface area (TPSA) is 35.2 Å². The highest BCUT2D eigenvalue weighted by atomic mass is 79.9. The van der Waals surface area contributed by atoms with Crippen molar-refractivity contribution in [1.82, 2.24) is 0 Å². The molecule has 0 bridgehead atoms. The first kappa shape index (κ1) is 15.1. The molecule has 2 atom stereocenters. The molecule has 2 N–H and O–H groups in total. The average molecular weight is 334 g/mol. The van der Waals surface area contributed by atoms with E-state index in [0.717, 1.165) is 22.2 Å². The zero-order chi connectivity index (χ0) is 14.5. The third kappa shape index (κ3) is 3.84. The standard InChI is InChI=1S/C17H20BrNO/c1-3-16(19)17(13-7-5-8-14(18)11-13)20-15-9-4-6-12(2)10-15/h4-11,16-17H,3,19H2,1-2H3. The van der Waals surface area contributed by atoms with Gasteiger partial charge in [-0.05, 0) is 48.7 Å². The molecule has 2 unspecified atom stereocenters. The number of ether oxygens (including phenoxy) is 1. The van der Waals surface area contributed by atoms with Gasteiger partial charge in [-0.25, -0.2) is 0 Å². The molecule has 0 aliphatic heterocycles. The SMILES string of the molecule is CCC(N)C(Oc1cccc(C)c1)c1cccc(Br)c1. The van der Waals surface area contributed by atoms with E-state index in [9.17, 15) is 0 Å². The average Bonchev–Trinajstić information content (AvgIpc) is 2.44. The predicted molar refractivity (Wildman–Crippen MR) is 87.0 cm³/mol. The zero-order valence-electron chi connectivity index (χ0n) is 11.8. The molecule has 0 aromatic heterocycles. The van der Waals surface area contributed by atoms with Gasteiger partial charge in [0.1, 0.15) is 11.9 Å². The number of rotatable bonds is 5. The fourth-order valence-corrected chi connectivity index (χ4v) is 2.55. The van der Waals surface area contributed by atoms with Crippen LogP contribution >= 0.6 is 15.9 Å². The van der Waals surface area contributed by atoms with Crippen LogP contribution in [0.5, 0.6) is 5.75 Å². The lowest BCUT2D eigenvalue weighted by atomic mass is 10.0. The van der Waals surface area contributed by atoms with Crippen LogP contribution in [0.4, 0.5) is 0 Å². The fraction of sp³-hybridized carbons (Fsp3) is 0.294. The van der Waals surface area contributed by atoms with Gasteiger partial charge in [0.15, 0.2) is 0 Å². The zero-order valence-corrected chi connectivity index (χ0v) is 13.4. The van der Waals surface area contributed by atoms with Gasteiger partial charge in [0, 0.05) is 10.5 Å². The van der Waals surface area contributed by atoms with Crippen molar-refractivity contribution >= 4 is 15.9 Å². The fourth-order valence-electron chi connectivity index (χ4n) is 2.14. The van der Waals surface area contributed by atoms with E-state index >= 15 is 0 Å². The van der Waals surface area contributed by atoms with Gasteiger partial charge in [-0.3, -0.25) is 0 Å². The molecule has 0 fully saturated rings. The summed E-state index contributed by atoms with van der Waals surface area (Å²) in [6, 6.07) is 16.2. The van der Waals surface area contributed by atoms with Crippen LogP contribution in [0.2, 0.25) is 0 Å². The summed E-state index contributed by atoms with van der Waals surface area (Å²) in [6.45, 7) is 4.13. The first-order chi connectivity index (χ1) is 9.60. The van der Waals surface area contributed by atoms with E-state index in [1.165, 1.54) is 5.56 Å². The lowest BCUT2D eigenvalue weighted by molar-refractivity contribution is 0.171. The highest BCUT2D eigenvalue weighted by molar-refractivity contribution is 9.10. The van der Waals surface area contributed by atoms with Crippen molar-refractivity contribution in [2.75, 3.05) is 0 Å². The van der Waals surface area contributed by atoms with Crippen LogP contribution in [-0.2, 0) is 0 Å². The maximum Gasteiger partial charge on any atom is 0.139 e. The van der Waals surface area contributed by atoms with Gasteiger partial charge in [-0.15, -0.1) is 0 Å². The number of halogens is 1. The molecule has 0 radical (unpaired) electrons. The summed E-state index contributed by atoms with van der Waals surface area (Å²) in [5.41, 5.74) is 8.52. The smallest absolute Gasteiger partial charge is 0.139 e. The molecular weight excluding hydrogens is 314 g/mol. The van der Waals surface area contributed by atoms with E-state index in [4.69, 9.17) is 10.5 Å². The summed E-state index contributed by atoms with van der Waals surface area (Å²) in [5, 5.41) is 0. The van der Waals surface area contributed by atoms with Gasteiger partial charge in [0.2, 0.25) is 0 Å². The van der Waals surface area contributed by atoms with Crippen molar-refractivity contribution in [2.24, 2.45) is 5.73 Å². The van der Waals surface area contributed by atoms with Crippen molar-refractivity contribution in [1.29, 1.82) is 0 Å². The Kier molecular flexibility index (Phi) is 5.21. The Morgan fingerprint density at radius 2 is 1.90 bits per heavy atom. The Labute approximate surface area is 129 Å². The van der Waals surface area contributed by atoms with E-state index in [1.54, 1.807) is 0 Å². The largest absolute Gasteiger partial charge is 0.484 e. The van der Waals surface area contributed by atoms with Crippen molar-refractivity contribution in [3.63, 3.8) is 0 Å². The Balaban J connectivity index is 2.29. The third-order valence-electron chi connectivity index (χ3n) is 3.29. The van der Waals surface area contributed by atoms with Crippen molar-refractivity contribution < 1.29 is 4.74 Å². The van der Waals surface area contributed by atoms with Crippen LogP contribution in [-0.4, -0.2) is 6.04 Å². The van der Waals surface area contributed by atoms with Crippen molar-refractivity contribution in [3.05, 3.63) is 64.1 Å². The number of aryl methyl sites for hydroxylation is 1.